The number of carbonyl (C=O) groups is 1. The Labute approximate surface area is 137 Å². The molecule has 1 saturated heterocycles. The van der Waals surface area contributed by atoms with Crippen LogP contribution in [0.3, 0.4) is 0 Å². The largest absolute Gasteiger partial charge is 0.349 e. The lowest BCUT2D eigenvalue weighted by Crippen LogP contribution is -2.48. The monoisotopic (exact) mass is 330 g/mol. The van der Waals surface area contributed by atoms with Crippen molar-refractivity contribution >= 4 is 22.5 Å². The number of piperidine rings is 1. The lowest BCUT2D eigenvalue weighted by Gasteiger charge is -2.30. The molecule has 1 aromatic carbocycles. The molecule has 1 aromatic heterocycles. The van der Waals surface area contributed by atoms with Gasteiger partial charge in [0.2, 0.25) is 5.56 Å². The number of aromatic nitrogens is 1. The molecule has 8 nitrogen and oxygen atoms in total. The van der Waals surface area contributed by atoms with Gasteiger partial charge in [-0.25, -0.2) is 0 Å². The molecule has 3 N–H and O–H groups in total. The van der Waals surface area contributed by atoms with E-state index in [4.69, 9.17) is 0 Å². The van der Waals surface area contributed by atoms with Crippen LogP contribution in [0.25, 0.3) is 10.9 Å². The Morgan fingerprint density at radius 3 is 2.88 bits per heavy atom. The topological polar surface area (TPSA) is 117 Å². The van der Waals surface area contributed by atoms with Gasteiger partial charge < -0.3 is 15.6 Å². The molecular weight excluding hydrogens is 312 g/mol. The van der Waals surface area contributed by atoms with Gasteiger partial charge in [-0.15, -0.1) is 0 Å². The van der Waals surface area contributed by atoms with Crippen LogP contribution in [0.4, 0.5) is 5.69 Å². The number of nitro benzene ring substituents is 1. The molecule has 2 unspecified atom stereocenters. The van der Waals surface area contributed by atoms with Crippen LogP contribution in [0.5, 0.6) is 0 Å². The number of nitro groups is 1. The fourth-order valence-corrected chi connectivity index (χ4v) is 3.02. The van der Waals surface area contributed by atoms with Crippen LogP contribution in [-0.2, 0) is 0 Å². The predicted octanol–water partition coefficient (Wildman–Crippen LogP) is 1.16. The van der Waals surface area contributed by atoms with Crippen molar-refractivity contribution in [3.63, 3.8) is 0 Å². The molecule has 8 heteroatoms. The molecule has 1 fully saturated rings. The molecule has 2 heterocycles. The molecule has 0 radical (unpaired) electrons. The minimum Gasteiger partial charge on any atom is -0.349 e. The van der Waals surface area contributed by atoms with Crippen molar-refractivity contribution in [2.24, 2.45) is 5.92 Å². The highest BCUT2D eigenvalue weighted by atomic mass is 16.6. The number of amides is 1. The van der Waals surface area contributed by atoms with Gasteiger partial charge in [0.25, 0.3) is 11.6 Å². The molecule has 126 valence electrons. The maximum Gasteiger partial charge on any atom is 0.270 e. The van der Waals surface area contributed by atoms with Gasteiger partial charge in [-0.3, -0.25) is 19.7 Å². The molecule has 1 aliphatic heterocycles. The maximum absolute atomic E-state index is 12.7. The molecular formula is C16H18N4O4. The van der Waals surface area contributed by atoms with Crippen molar-refractivity contribution in [1.82, 2.24) is 15.6 Å². The van der Waals surface area contributed by atoms with Gasteiger partial charge in [0.1, 0.15) is 0 Å². The molecule has 0 aliphatic carbocycles. The van der Waals surface area contributed by atoms with Crippen molar-refractivity contribution < 1.29 is 9.72 Å². The van der Waals surface area contributed by atoms with Crippen molar-refractivity contribution in [2.45, 2.75) is 19.4 Å². The standard InChI is InChI=1S/C16H18N4O4/c1-9-8-17-5-4-13(9)19-16(22)12-7-15(21)18-14-3-2-10(20(23)24)6-11(12)14/h2-3,6-7,9,13,17H,4-5,8H2,1H3,(H,18,21)(H,19,22). The third kappa shape index (κ3) is 3.13. The van der Waals surface area contributed by atoms with Gasteiger partial charge in [0.05, 0.1) is 10.5 Å². The van der Waals surface area contributed by atoms with Gasteiger partial charge in [-0.2, -0.15) is 0 Å². The minimum atomic E-state index is -0.527. The van der Waals surface area contributed by atoms with Crippen molar-refractivity contribution in [3.8, 4) is 0 Å². The predicted molar refractivity (Wildman–Crippen MR) is 89.1 cm³/mol. The molecule has 0 bridgehead atoms. The zero-order valence-corrected chi connectivity index (χ0v) is 13.2. The van der Waals surface area contributed by atoms with E-state index in [1.807, 2.05) is 6.92 Å². The quantitative estimate of drug-likeness (QED) is 0.577. The summed E-state index contributed by atoms with van der Waals surface area (Å²) in [7, 11) is 0. The van der Waals surface area contributed by atoms with E-state index in [-0.39, 0.29) is 29.1 Å². The first-order chi connectivity index (χ1) is 11.5. The second-order valence-electron chi connectivity index (χ2n) is 6.08. The highest BCUT2D eigenvalue weighted by molar-refractivity contribution is 6.06. The van der Waals surface area contributed by atoms with E-state index >= 15 is 0 Å². The summed E-state index contributed by atoms with van der Waals surface area (Å²) >= 11 is 0. The molecule has 0 saturated carbocycles. The number of benzene rings is 1. The minimum absolute atomic E-state index is 0.00628. The Morgan fingerprint density at radius 2 is 2.17 bits per heavy atom. The number of nitrogens with one attached hydrogen (secondary N) is 3. The highest BCUT2D eigenvalue weighted by Crippen LogP contribution is 2.22. The first kappa shape index (κ1) is 16.1. The molecule has 3 rings (SSSR count). The van der Waals surface area contributed by atoms with Gasteiger partial charge >= 0.3 is 0 Å². The van der Waals surface area contributed by atoms with Crippen molar-refractivity contribution in [1.29, 1.82) is 0 Å². The summed E-state index contributed by atoms with van der Waals surface area (Å²) in [5, 5.41) is 17.5. The highest BCUT2D eigenvalue weighted by Gasteiger charge is 2.24. The lowest BCUT2D eigenvalue weighted by molar-refractivity contribution is -0.384. The van der Waals surface area contributed by atoms with E-state index in [2.05, 4.69) is 15.6 Å². The van der Waals surface area contributed by atoms with E-state index < -0.39 is 10.5 Å². The summed E-state index contributed by atoms with van der Waals surface area (Å²) < 4.78 is 0. The van der Waals surface area contributed by atoms with Gasteiger partial charge in [0.15, 0.2) is 0 Å². The average molecular weight is 330 g/mol. The zero-order valence-electron chi connectivity index (χ0n) is 13.2. The number of carbonyl (C=O) groups excluding carboxylic acids is 1. The maximum atomic E-state index is 12.7. The number of pyridine rings is 1. The smallest absolute Gasteiger partial charge is 0.270 e. The fourth-order valence-electron chi connectivity index (χ4n) is 3.02. The Morgan fingerprint density at radius 1 is 1.38 bits per heavy atom. The van der Waals surface area contributed by atoms with E-state index in [1.165, 1.54) is 24.3 Å². The van der Waals surface area contributed by atoms with E-state index in [0.29, 0.717) is 10.9 Å². The summed E-state index contributed by atoms with van der Waals surface area (Å²) in [5.74, 6) is -0.115. The van der Waals surface area contributed by atoms with E-state index in [0.717, 1.165) is 19.5 Å². The number of nitrogens with zero attached hydrogens (tertiary/aromatic N) is 1. The van der Waals surface area contributed by atoms with Crippen LogP contribution >= 0.6 is 0 Å². The number of hydrogen-bond acceptors (Lipinski definition) is 5. The Balaban J connectivity index is 2.00. The van der Waals surface area contributed by atoms with Crippen LogP contribution < -0.4 is 16.2 Å². The summed E-state index contributed by atoms with van der Waals surface area (Å²) in [6.45, 7) is 3.67. The molecule has 2 atom stereocenters. The third-order valence-corrected chi connectivity index (χ3v) is 4.38. The fraction of sp³-hybridized carbons (Fsp3) is 0.375. The summed E-state index contributed by atoms with van der Waals surface area (Å²) in [4.78, 5) is 37.5. The molecule has 0 spiro atoms. The Bertz CT molecular complexity index is 861. The van der Waals surface area contributed by atoms with E-state index in [1.54, 1.807) is 0 Å². The normalized spacial score (nSPS) is 20.7. The average Bonchev–Trinajstić information content (AvgIpc) is 2.55. The molecule has 24 heavy (non-hydrogen) atoms. The van der Waals surface area contributed by atoms with Crippen molar-refractivity contribution in [3.05, 3.63) is 50.3 Å². The summed E-state index contributed by atoms with van der Waals surface area (Å²) in [6, 6.07) is 5.25. The second kappa shape index (κ2) is 6.40. The Kier molecular flexibility index (Phi) is 4.30. The van der Waals surface area contributed by atoms with Gasteiger partial charge in [0, 0.05) is 35.1 Å². The summed E-state index contributed by atoms with van der Waals surface area (Å²) in [6.07, 6.45) is 0.800. The number of H-pyrrole nitrogens is 1. The number of aromatic amines is 1. The van der Waals surface area contributed by atoms with Crippen LogP contribution in [0.15, 0.2) is 29.1 Å². The van der Waals surface area contributed by atoms with Crippen LogP contribution in [0.1, 0.15) is 23.7 Å². The Hall–Kier alpha value is -2.74. The van der Waals surface area contributed by atoms with Crippen LogP contribution in [0.2, 0.25) is 0 Å². The van der Waals surface area contributed by atoms with Gasteiger partial charge in [-0.05, 0) is 31.5 Å². The number of fused-ring (bicyclic) bond motifs is 1. The second-order valence-corrected chi connectivity index (χ2v) is 6.08. The number of rotatable bonds is 3. The van der Waals surface area contributed by atoms with Crippen LogP contribution in [-0.4, -0.2) is 34.9 Å². The first-order valence-corrected chi connectivity index (χ1v) is 7.79. The lowest BCUT2D eigenvalue weighted by atomic mass is 9.95. The number of hydrogen-bond donors (Lipinski definition) is 3. The summed E-state index contributed by atoms with van der Waals surface area (Å²) in [5.41, 5.74) is 0.0125. The number of non-ortho nitro benzene ring substituents is 1. The SMILES string of the molecule is CC1CNCCC1NC(=O)c1cc(=O)[nH]c2ccc([N+](=O)[O-])cc12. The molecule has 1 amide bonds. The van der Waals surface area contributed by atoms with Gasteiger partial charge in [-0.1, -0.05) is 6.92 Å². The third-order valence-electron chi connectivity index (χ3n) is 4.38. The van der Waals surface area contributed by atoms with Crippen LogP contribution in [0, 0.1) is 16.0 Å². The molecule has 2 aromatic rings. The first-order valence-electron chi connectivity index (χ1n) is 7.79. The zero-order chi connectivity index (χ0) is 17.3. The van der Waals surface area contributed by atoms with E-state index in [9.17, 15) is 19.7 Å². The molecule has 1 aliphatic rings. The van der Waals surface area contributed by atoms with Crippen molar-refractivity contribution in [2.75, 3.05) is 13.1 Å².